The van der Waals surface area contributed by atoms with Crippen molar-refractivity contribution in [3.05, 3.63) is 47.3 Å². The van der Waals surface area contributed by atoms with Crippen LogP contribution in [0.1, 0.15) is 47.4 Å². The third kappa shape index (κ3) is 3.87. The maximum Gasteiger partial charge on any atom is 0.243 e. The lowest BCUT2D eigenvalue weighted by Gasteiger charge is -2.31. The Morgan fingerprint density at radius 3 is 2.69 bits per heavy atom. The minimum absolute atomic E-state index is 0.0748. The first-order valence-electron chi connectivity index (χ1n) is 9.23. The van der Waals surface area contributed by atoms with E-state index in [1.807, 2.05) is 13.0 Å². The van der Waals surface area contributed by atoms with Crippen molar-refractivity contribution in [1.82, 2.24) is 19.0 Å². The lowest BCUT2D eigenvalue weighted by atomic mass is 9.95. The van der Waals surface area contributed by atoms with Crippen LogP contribution in [0.5, 0.6) is 0 Å². The number of aromatic nitrogens is 3. The predicted octanol–water partition coefficient (Wildman–Crippen LogP) is 3.27. The monoisotopic (exact) mass is 432 g/mol. The van der Waals surface area contributed by atoms with Gasteiger partial charge in [-0.15, -0.1) is 5.10 Å². The summed E-state index contributed by atoms with van der Waals surface area (Å²) in [4.78, 5) is 12.4. The zero-order chi connectivity index (χ0) is 20.6. The van der Waals surface area contributed by atoms with E-state index in [4.69, 9.17) is 4.52 Å². The number of nitrogens with zero attached hydrogens (tertiary/aromatic N) is 4. The summed E-state index contributed by atoms with van der Waals surface area (Å²) in [5.74, 6) is 0.430. The molecule has 3 heterocycles. The Morgan fingerprint density at radius 1 is 1.28 bits per heavy atom. The van der Waals surface area contributed by atoms with Crippen molar-refractivity contribution in [2.45, 2.75) is 37.5 Å². The van der Waals surface area contributed by atoms with Gasteiger partial charge in [0.25, 0.3) is 0 Å². The molecule has 3 aromatic rings. The summed E-state index contributed by atoms with van der Waals surface area (Å²) >= 11 is 1.22. The van der Waals surface area contributed by atoms with Gasteiger partial charge in [-0.2, -0.15) is 4.31 Å². The second-order valence-corrected chi connectivity index (χ2v) is 9.79. The maximum atomic E-state index is 13.1. The summed E-state index contributed by atoms with van der Waals surface area (Å²) in [5.41, 5.74) is 2.00. The lowest BCUT2D eigenvalue weighted by molar-refractivity contribution is 0.101. The van der Waals surface area contributed by atoms with Crippen LogP contribution in [0.4, 0.5) is 0 Å². The number of piperidine rings is 1. The molecule has 1 aromatic carbocycles. The predicted molar refractivity (Wildman–Crippen MR) is 107 cm³/mol. The van der Waals surface area contributed by atoms with Crippen LogP contribution in [-0.4, -0.2) is 46.3 Å². The molecule has 1 aliphatic heterocycles. The molecule has 0 aliphatic carbocycles. The van der Waals surface area contributed by atoms with Crippen LogP contribution in [0.25, 0.3) is 10.6 Å². The Kier molecular flexibility index (Phi) is 5.32. The molecule has 0 saturated carbocycles. The maximum absolute atomic E-state index is 13.1. The highest BCUT2D eigenvalue weighted by Crippen LogP contribution is 2.36. The molecule has 4 rings (SSSR count). The molecular weight excluding hydrogens is 412 g/mol. The largest absolute Gasteiger partial charge is 0.355 e. The molecule has 1 atom stereocenters. The fraction of sp³-hybridized carbons (Fsp3) is 0.368. The van der Waals surface area contributed by atoms with E-state index in [2.05, 4.69) is 14.7 Å². The van der Waals surface area contributed by atoms with E-state index in [1.54, 1.807) is 12.1 Å². The molecule has 29 heavy (non-hydrogen) atoms. The molecule has 1 saturated heterocycles. The normalized spacial score (nSPS) is 18.1. The number of carbonyl (C=O) groups excluding carboxylic acids is 1. The molecule has 10 heteroatoms. The van der Waals surface area contributed by atoms with Gasteiger partial charge in [-0.25, -0.2) is 8.42 Å². The van der Waals surface area contributed by atoms with Gasteiger partial charge in [0, 0.05) is 30.6 Å². The van der Waals surface area contributed by atoms with Gasteiger partial charge in [0.05, 0.1) is 16.3 Å². The zero-order valence-electron chi connectivity index (χ0n) is 16.0. The van der Waals surface area contributed by atoms with Gasteiger partial charge in [-0.05, 0) is 50.4 Å². The molecular formula is C19H20N4O4S2. The van der Waals surface area contributed by atoms with Crippen molar-refractivity contribution in [2.75, 3.05) is 13.1 Å². The van der Waals surface area contributed by atoms with Crippen molar-refractivity contribution < 1.29 is 17.7 Å². The number of rotatable bonds is 5. The van der Waals surface area contributed by atoms with E-state index in [1.165, 1.54) is 34.9 Å². The van der Waals surface area contributed by atoms with E-state index in [-0.39, 0.29) is 16.6 Å². The summed E-state index contributed by atoms with van der Waals surface area (Å²) < 4.78 is 37.1. The van der Waals surface area contributed by atoms with Gasteiger partial charge in [0.1, 0.15) is 4.88 Å². The average molecular weight is 433 g/mol. The molecule has 0 spiro atoms. The Morgan fingerprint density at radius 2 is 2.03 bits per heavy atom. The molecule has 0 unspecified atom stereocenters. The molecule has 2 aromatic heterocycles. The van der Waals surface area contributed by atoms with Gasteiger partial charge in [0.15, 0.2) is 11.5 Å². The number of ketones is 1. The van der Waals surface area contributed by atoms with Gasteiger partial charge in [-0.3, -0.25) is 4.79 Å². The van der Waals surface area contributed by atoms with Crippen molar-refractivity contribution in [3.8, 4) is 10.6 Å². The van der Waals surface area contributed by atoms with Crippen molar-refractivity contribution in [3.63, 3.8) is 0 Å². The summed E-state index contributed by atoms with van der Waals surface area (Å²) in [6.45, 7) is 4.06. The summed E-state index contributed by atoms with van der Waals surface area (Å²) in [7, 11) is -3.66. The van der Waals surface area contributed by atoms with Gasteiger partial charge in [0.2, 0.25) is 10.0 Å². The molecule has 1 aliphatic rings. The Balaban J connectivity index is 1.59. The third-order valence-corrected chi connectivity index (χ3v) is 7.67. The molecule has 1 fully saturated rings. The molecule has 0 amide bonds. The van der Waals surface area contributed by atoms with Crippen LogP contribution in [-0.2, 0) is 10.0 Å². The van der Waals surface area contributed by atoms with Gasteiger partial charge in [-0.1, -0.05) is 21.8 Å². The van der Waals surface area contributed by atoms with Crippen molar-refractivity contribution in [1.29, 1.82) is 0 Å². The second-order valence-electron chi connectivity index (χ2n) is 7.10. The highest BCUT2D eigenvalue weighted by atomic mass is 32.2. The Bertz CT molecular complexity index is 1140. The first kappa shape index (κ1) is 19.9. The molecule has 0 radical (unpaired) electrons. The highest BCUT2D eigenvalue weighted by Gasteiger charge is 2.34. The van der Waals surface area contributed by atoms with E-state index in [9.17, 15) is 13.2 Å². The standard InChI is InChI=1S/C19H20N4O4S2/c1-12-10-17(27-21-12)19-18(20-22-28-19)15-4-3-9-23(11-15)29(25,26)16-7-5-14(6-8-16)13(2)24/h5-8,10,15H,3-4,9,11H2,1-2H3/t15-/m1/s1. The molecule has 0 bridgehead atoms. The molecule has 152 valence electrons. The topological polar surface area (TPSA) is 106 Å². The Hall–Kier alpha value is -2.43. The molecule has 0 N–H and O–H groups in total. The molecule has 8 nitrogen and oxygen atoms in total. The van der Waals surface area contributed by atoms with Gasteiger partial charge < -0.3 is 4.52 Å². The van der Waals surface area contributed by atoms with Gasteiger partial charge >= 0.3 is 0 Å². The number of benzene rings is 1. The minimum atomic E-state index is -3.66. The fourth-order valence-corrected chi connectivity index (χ4v) is 5.72. The fourth-order valence-electron chi connectivity index (χ4n) is 3.50. The number of hydrogen-bond donors (Lipinski definition) is 0. The van der Waals surface area contributed by atoms with E-state index >= 15 is 0 Å². The van der Waals surface area contributed by atoms with Crippen LogP contribution in [0.3, 0.4) is 0 Å². The van der Waals surface area contributed by atoms with E-state index in [0.29, 0.717) is 24.4 Å². The first-order chi connectivity index (χ1) is 13.9. The SMILES string of the molecule is CC(=O)c1ccc(S(=O)(=O)N2CCC[C@@H](c3nnsc3-c3cc(C)no3)C2)cc1. The quantitative estimate of drug-likeness (QED) is 0.570. The van der Waals surface area contributed by atoms with Crippen molar-refractivity contribution in [2.24, 2.45) is 0 Å². The number of sulfonamides is 1. The van der Waals surface area contributed by atoms with E-state index < -0.39 is 10.0 Å². The Labute approximate surface area is 172 Å². The van der Waals surface area contributed by atoms with Crippen molar-refractivity contribution >= 4 is 27.3 Å². The summed E-state index contributed by atoms with van der Waals surface area (Å²) in [6.07, 6.45) is 1.54. The highest BCUT2D eigenvalue weighted by molar-refractivity contribution is 7.89. The van der Waals surface area contributed by atoms with Crippen LogP contribution in [0.2, 0.25) is 0 Å². The number of Topliss-reactive ketones (excluding diaryl/α,β-unsaturated/α-hetero) is 1. The van der Waals surface area contributed by atoms with Crippen LogP contribution in [0.15, 0.2) is 39.8 Å². The van der Waals surface area contributed by atoms with E-state index in [0.717, 1.165) is 29.1 Å². The van der Waals surface area contributed by atoms with Crippen LogP contribution < -0.4 is 0 Å². The van der Waals surface area contributed by atoms with Crippen LogP contribution >= 0.6 is 11.5 Å². The summed E-state index contributed by atoms with van der Waals surface area (Å²) in [5, 5.41) is 8.19. The second kappa shape index (κ2) is 7.77. The first-order valence-corrected chi connectivity index (χ1v) is 11.4. The zero-order valence-corrected chi connectivity index (χ0v) is 17.7. The summed E-state index contributed by atoms with van der Waals surface area (Å²) in [6, 6.07) is 7.90. The number of hydrogen-bond acceptors (Lipinski definition) is 8. The number of carbonyl (C=O) groups is 1. The average Bonchev–Trinajstić information content (AvgIpc) is 3.37. The third-order valence-electron chi connectivity index (χ3n) is 5.03. The lowest BCUT2D eigenvalue weighted by Crippen LogP contribution is -2.39. The smallest absolute Gasteiger partial charge is 0.243 e. The number of aryl methyl sites for hydroxylation is 1. The minimum Gasteiger partial charge on any atom is -0.355 e. The van der Waals surface area contributed by atoms with Crippen LogP contribution in [0, 0.1) is 6.92 Å².